The van der Waals surface area contributed by atoms with E-state index in [0.717, 1.165) is 24.8 Å². The summed E-state index contributed by atoms with van der Waals surface area (Å²) in [4.78, 5) is 15.0. The van der Waals surface area contributed by atoms with Gasteiger partial charge in [0.25, 0.3) is 5.56 Å². The maximum absolute atomic E-state index is 14.1. The van der Waals surface area contributed by atoms with Gasteiger partial charge >= 0.3 is 0 Å². The number of hydrogen-bond acceptors (Lipinski definition) is 4. The third-order valence-electron chi connectivity index (χ3n) is 5.53. The number of aromatic nitrogens is 3. The van der Waals surface area contributed by atoms with Crippen LogP contribution in [-0.2, 0) is 19.4 Å². The van der Waals surface area contributed by atoms with Crippen molar-refractivity contribution in [3.63, 3.8) is 0 Å². The fraction of sp³-hybridized carbons (Fsp3) is 0.450. The van der Waals surface area contributed by atoms with Crippen LogP contribution in [0, 0.1) is 17.2 Å². The van der Waals surface area contributed by atoms with Gasteiger partial charge < -0.3 is 0 Å². The number of benzene rings is 1. The van der Waals surface area contributed by atoms with Crippen molar-refractivity contribution in [2.75, 3.05) is 0 Å². The highest BCUT2D eigenvalue weighted by molar-refractivity contribution is 7.18. The predicted molar refractivity (Wildman–Crippen MR) is 107 cm³/mol. The Labute approximate surface area is 166 Å². The maximum atomic E-state index is 14.1. The molecule has 0 amide bonds. The van der Waals surface area contributed by atoms with E-state index in [0.29, 0.717) is 16.1 Å². The second-order valence-corrected chi connectivity index (χ2v) is 9.73. The van der Waals surface area contributed by atoms with Gasteiger partial charge in [0, 0.05) is 15.5 Å². The van der Waals surface area contributed by atoms with Gasteiger partial charge in [0.1, 0.15) is 5.82 Å². The van der Waals surface area contributed by atoms with Crippen LogP contribution < -0.4 is 5.56 Å². The second-order valence-electron chi connectivity index (χ2n) is 8.24. The van der Waals surface area contributed by atoms with E-state index in [1.807, 2.05) is 0 Å². The lowest BCUT2D eigenvalue weighted by molar-refractivity contribution is 0.218. The number of fused-ring (bicyclic) bond motifs is 3. The van der Waals surface area contributed by atoms with Crippen molar-refractivity contribution in [3.05, 3.63) is 55.4 Å². The summed E-state index contributed by atoms with van der Waals surface area (Å²) in [7, 11) is 0. The van der Waals surface area contributed by atoms with Crippen LogP contribution in [0.5, 0.6) is 0 Å². The molecule has 142 valence electrons. The molecule has 0 aliphatic heterocycles. The van der Waals surface area contributed by atoms with Gasteiger partial charge in [0.15, 0.2) is 4.83 Å². The zero-order valence-corrected chi connectivity index (χ0v) is 17.1. The molecule has 0 unspecified atom stereocenters. The Morgan fingerprint density at radius 3 is 2.85 bits per heavy atom. The molecule has 0 bridgehead atoms. The average molecular weight is 406 g/mol. The monoisotopic (exact) mass is 405 g/mol. The highest BCUT2D eigenvalue weighted by Gasteiger charge is 2.32. The Morgan fingerprint density at radius 2 is 2.15 bits per heavy atom. The zero-order chi connectivity index (χ0) is 19.3. The molecule has 1 aliphatic rings. The number of hydrogen-bond donors (Lipinski definition) is 0. The highest BCUT2D eigenvalue weighted by Crippen LogP contribution is 2.41. The Kier molecular flexibility index (Phi) is 4.59. The van der Waals surface area contributed by atoms with Crippen molar-refractivity contribution >= 4 is 33.2 Å². The first-order valence-electron chi connectivity index (χ1n) is 9.06. The highest BCUT2D eigenvalue weighted by atomic mass is 35.5. The number of rotatable bonds is 2. The van der Waals surface area contributed by atoms with Gasteiger partial charge in [-0.1, -0.05) is 43.7 Å². The number of thiophene rings is 1. The summed E-state index contributed by atoms with van der Waals surface area (Å²) >= 11 is 7.67. The summed E-state index contributed by atoms with van der Waals surface area (Å²) in [6.45, 7) is 6.77. The third kappa shape index (κ3) is 3.29. The number of halogens is 2. The molecule has 27 heavy (non-hydrogen) atoms. The second kappa shape index (κ2) is 6.67. The molecule has 2 aromatic heterocycles. The van der Waals surface area contributed by atoms with Crippen LogP contribution in [0.2, 0.25) is 5.02 Å². The van der Waals surface area contributed by atoms with Crippen LogP contribution in [0.15, 0.2) is 23.0 Å². The van der Waals surface area contributed by atoms with E-state index < -0.39 is 5.82 Å². The molecule has 0 N–H and O–H groups in total. The number of nitrogens with zero attached hydrogens (tertiary/aromatic N) is 3. The summed E-state index contributed by atoms with van der Waals surface area (Å²) in [6.07, 6.45) is 2.90. The first-order valence-corrected chi connectivity index (χ1v) is 10.3. The van der Waals surface area contributed by atoms with Gasteiger partial charge in [-0.05, 0) is 48.3 Å². The largest absolute Gasteiger partial charge is 0.279 e. The zero-order valence-electron chi connectivity index (χ0n) is 15.6. The summed E-state index contributed by atoms with van der Waals surface area (Å²) in [5.74, 6) is 0.141. The van der Waals surface area contributed by atoms with Gasteiger partial charge in [-0.15, -0.1) is 16.4 Å². The minimum absolute atomic E-state index is 0.0253. The van der Waals surface area contributed by atoms with Crippen LogP contribution in [0.3, 0.4) is 0 Å². The molecular weight excluding hydrogens is 385 g/mol. The first-order chi connectivity index (χ1) is 12.8. The van der Waals surface area contributed by atoms with Gasteiger partial charge in [0.2, 0.25) is 0 Å². The molecular formula is C20H21ClFN3OS. The van der Waals surface area contributed by atoms with Crippen LogP contribution in [0.1, 0.15) is 43.2 Å². The average Bonchev–Trinajstić information content (AvgIpc) is 2.97. The first kappa shape index (κ1) is 18.6. The number of aryl methyl sites for hydroxylation is 1. The summed E-state index contributed by atoms with van der Waals surface area (Å²) in [5.41, 5.74) is 1.38. The topological polar surface area (TPSA) is 47.8 Å². The molecule has 0 fully saturated rings. The van der Waals surface area contributed by atoms with E-state index in [1.165, 1.54) is 15.6 Å². The molecule has 7 heteroatoms. The van der Waals surface area contributed by atoms with Crippen molar-refractivity contribution in [3.8, 4) is 0 Å². The third-order valence-corrected chi connectivity index (χ3v) is 7.03. The molecule has 1 aromatic carbocycles. The Hall–Kier alpha value is -1.79. The molecule has 4 rings (SSSR count). The minimum Gasteiger partial charge on any atom is -0.267 e. The van der Waals surface area contributed by atoms with Gasteiger partial charge in [-0.3, -0.25) is 4.79 Å². The smallest absolute Gasteiger partial charge is 0.267 e. The lowest BCUT2D eigenvalue weighted by Crippen LogP contribution is -2.28. The van der Waals surface area contributed by atoms with E-state index in [1.54, 1.807) is 23.5 Å². The van der Waals surface area contributed by atoms with E-state index in [-0.39, 0.29) is 28.1 Å². The quantitative estimate of drug-likeness (QED) is 0.612. The summed E-state index contributed by atoms with van der Waals surface area (Å²) in [5, 5.41) is 9.22. The molecule has 1 aliphatic carbocycles. The van der Waals surface area contributed by atoms with Gasteiger partial charge in [0.05, 0.1) is 11.9 Å². The van der Waals surface area contributed by atoms with Crippen molar-refractivity contribution in [2.45, 2.75) is 46.6 Å². The van der Waals surface area contributed by atoms with Crippen molar-refractivity contribution < 1.29 is 4.39 Å². The fourth-order valence-electron chi connectivity index (χ4n) is 3.80. The molecule has 2 heterocycles. The summed E-state index contributed by atoms with van der Waals surface area (Å²) < 4.78 is 15.3. The van der Waals surface area contributed by atoms with Crippen LogP contribution in [-0.4, -0.2) is 15.0 Å². The van der Waals surface area contributed by atoms with Gasteiger partial charge in [-0.2, -0.15) is 0 Å². The van der Waals surface area contributed by atoms with Crippen molar-refractivity contribution in [1.82, 2.24) is 15.0 Å². The standard InChI is InChI=1S/C20H21ClFN3OS/c1-20(2,3)11-7-8-12-16(9-11)27-18-17(12)19(26)25(24-23-18)10-13-14(21)5-4-6-15(13)22/h4-6,11H,7-10H2,1-3H3/t11-/m1/s1. The van der Waals surface area contributed by atoms with E-state index >= 15 is 0 Å². The Morgan fingerprint density at radius 1 is 1.37 bits per heavy atom. The normalized spacial score (nSPS) is 17.3. The van der Waals surface area contributed by atoms with E-state index in [9.17, 15) is 9.18 Å². The maximum Gasteiger partial charge on any atom is 0.279 e. The molecule has 0 saturated heterocycles. The van der Waals surface area contributed by atoms with Crippen molar-refractivity contribution in [1.29, 1.82) is 0 Å². The molecule has 1 atom stereocenters. The molecule has 0 radical (unpaired) electrons. The van der Waals surface area contributed by atoms with Crippen molar-refractivity contribution in [2.24, 2.45) is 11.3 Å². The van der Waals surface area contributed by atoms with Crippen LogP contribution >= 0.6 is 22.9 Å². The lowest BCUT2D eigenvalue weighted by Gasteiger charge is -2.33. The fourth-order valence-corrected chi connectivity index (χ4v) is 5.26. The molecule has 0 saturated carbocycles. The summed E-state index contributed by atoms with van der Waals surface area (Å²) in [6, 6.07) is 4.48. The SMILES string of the molecule is CC(C)(C)[C@@H]1CCc2c(sc3nnn(Cc4c(F)cccc4Cl)c(=O)c23)C1. The van der Waals surface area contributed by atoms with E-state index in [2.05, 4.69) is 31.1 Å². The molecule has 4 nitrogen and oxygen atoms in total. The Balaban J connectivity index is 1.77. The molecule has 0 spiro atoms. The predicted octanol–water partition coefficient (Wildman–Crippen LogP) is 4.84. The van der Waals surface area contributed by atoms with Crippen LogP contribution in [0.25, 0.3) is 10.2 Å². The lowest BCUT2D eigenvalue weighted by atomic mass is 9.72. The molecule has 3 aromatic rings. The minimum atomic E-state index is -0.448. The van der Waals surface area contributed by atoms with Gasteiger partial charge in [-0.25, -0.2) is 9.07 Å². The Bertz CT molecular complexity index is 1060. The van der Waals surface area contributed by atoms with Crippen LogP contribution in [0.4, 0.5) is 4.39 Å². The van der Waals surface area contributed by atoms with E-state index in [4.69, 9.17) is 11.6 Å².